The number of ether oxygens (including phenoxy) is 1. The Hall–Kier alpha value is -4.72. The monoisotopic (exact) mass is 465 g/mol. The second kappa shape index (κ2) is 9.26. The lowest BCUT2D eigenvalue weighted by atomic mass is 10.1. The molecule has 2 heterocycles. The summed E-state index contributed by atoms with van der Waals surface area (Å²) >= 11 is 0. The number of hydrogen-bond acceptors (Lipinski definition) is 5. The average Bonchev–Trinajstić information content (AvgIpc) is 3.27. The summed E-state index contributed by atoms with van der Waals surface area (Å²) in [6, 6.07) is 22.5. The Balaban J connectivity index is 1.38. The molecule has 0 unspecified atom stereocenters. The van der Waals surface area contributed by atoms with Crippen molar-refractivity contribution < 1.29 is 9.53 Å². The second-order valence-corrected chi connectivity index (χ2v) is 8.28. The maximum absolute atomic E-state index is 13.1. The molecule has 0 radical (unpaired) electrons. The Morgan fingerprint density at radius 3 is 2.46 bits per heavy atom. The molecule has 1 amide bonds. The van der Waals surface area contributed by atoms with Crippen molar-refractivity contribution in [3.05, 3.63) is 107 Å². The molecule has 0 bridgehead atoms. The quantitative estimate of drug-likeness (QED) is 0.395. The number of amides is 1. The van der Waals surface area contributed by atoms with Gasteiger partial charge in [-0.15, -0.1) is 0 Å². The van der Waals surface area contributed by atoms with E-state index in [1.165, 1.54) is 17.1 Å². The molecule has 8 heteroatoms. The Morgan fingerprint density at radius 1 is 0.971 bits per heavy atom. The van der Waals surface area contributed by atoms with Gasteiger partial charge < -0.3 is 10.1 Å². The smallest absolute Gasteiger partial charge is 0.264 e. The molecular formula is C27H23N5O3. The number of para-hydroxylation sites is 3. The van der Waals surface area contributed by atoms with Gasteiger partial charge in [-0.1, -0.05) is 36.4 Å². The van der Waals surface area contributed by atoms with Crippen molar-refractivity contribution >= 4 is 22.6 Å². The summed E-state index contributed by atoms with van der Waals surface area (Å²) in [5, 5.41) is 7.54. The number of aromatic nitrogens is 4. The fourth-order valence-corrected chi connectivity index (χ4v) is 3.94. The molecule has 1 N–H and O–H groups in total. The van der Waals surface area contributed by atoms with Gasteiger partial charge in [0.1, 0.15) is 24.0 Å². The summed E-state index contributed by atoms with van der Waals surface area (Å²) in [6.45, 7) is 3.81. The minimum Gasteiger partial charge on any atom is -0.455 e. The third-order valence-corrected chi connectivity index (χ3v) is 5.45. The number of nitrogens with zero attached hydrogens (tertiary/aromatic N) is 4. The van der Waals surface area contributed by atoms with Gasteiger partial charge in [0.2, 0.25) is 5.91 Å². The topological polar surface area (TPSA) is 91.0 Å². The van der Waals surface area contributed by atoms with Crippen LogP contribution in [0.5, 0.6) is 11.5 Å². The van der Waals surface area contributed by atoms with Crippen LogP contribution in [0.1, 0.15) is 11.1 Å². The fourth-order valence-electron chi connectivity index (χ4n) is 3.94. The molecule has 35 heavy (non-hydrogen) atoms. The number of rotatable bonds is 6. The van der Waals surface area contributed by atoms with Crippen molar-refractivity contribution in [2.24, 2.45) is 0 Å². The Kier molecular flexibility index (Phi) is 5.85. The van der Waals surface area contributed by atoms with Crippen molar-refractivity contribution in [2.45, 2.75) is 20.4 Å². The van der Waals surface area contributed by atoms with Crippen LogP contribution in [-0.2, 0) is 11.3 Å². The van der Waals surface area contributed by atoms with Gasteiger partial charge in [-0.05, 0) is 61.4 Å². The first-order chi connectivity index (χ1) is 17.0. The molecule has 0 fully saturated rings. The zero-order chi connectivity index (χ0) is 24.4. The Labute approximate surface area is 201 Å². The highest BCUT2D eigenvalue weighted by Gasteiger charge is 2.15. The lowest BCUT2D eigenvalue weighted by Gasteiger charge is -2.13. The van der Waals surface area contributed by atoms with E-state index < -0.39 is 0 Å². The van der Waals surface area contributed by atoms with E-state index in [4.69, 9.17) is 4.74 Å². The summed E-state index contributed by atoms with van der Waals surface area (Å²) in [6.07, 6.45) is 2.86. The van der Waals surface area contributed by atoms with E-state index in [1.807, 2.05) is 62.4 Å². The molecule has 0 spiro atoms. The van der Waals surface area contributed by atoms with Crippen LogP contribution >= 0.6 is 0 Å². The molecule has 5 rings (SSSR count). The van der Waals surface area contributed by atoms with Gasteiger partial charge in [0.05, 0.1) is 17.6 Å². The van der Waals surface area contributed by atoms with Crippen molar-refractivity contribution in [1.29, 1.82) is 0 Å². The molecule has 174 valence electrons. The number of hydrogen-bond donors (Lipinski definition) is 1. The second-order valence-electron chi connectivity index (χ2n) is 8.28. The van der Waals surface area contributed by atoms with Gasteiger partial charge in [-0.2, -0.15) is 5.10 Å². The average molecular weight is 466 g/mol. The van der Waals surface area contributed by atoms with E-state index in [1.54, 1.807) is 22.9 Å². The van der Waals surface area contributed by atoms with E-state index in [-0.39, 0.29) is 18.0 Å². The van der Waals surface area contributed by atoms with Crippen LogP contribution in [0, 0.1) is 13.8 Å². The third-order valence-electron chi connectivity index (χ3n) is 5.45. The lowest BCUT2D eigenvalue weighted by Crippen LogP contribution is -2.28. The Morgan fingerprint density at radius 2 is 1.69 bits per heavy atom. The van der Waals surface area contributed by atoms with Crippen LogP contribution in [0.3, 0.4) is 0 Å². The SMILES string of the molecule is Cc1cc(C)cc(-n2ncc3c(=O)n(CC(=O)Nc4ccccc4Oc4ccccc4)cnc32)c1. The van der Waals surface area contributed by atoms with Crippen LogP contribution in [-0.4, -0.2) is 25.2 Å². The van der Waals surface area contributed by atoms with Gasteiger partial charge in [-0.3, -0.25) is 14.2 Å². The van der Waals surface area contributed by atoms with Gasteiger partial charge in [0, 0.05) is 0 Å². The largest absolute Gasteiger partial charge is 0.455 e. The van der Waals surface area contributed by atoms with Gasteiger partial charge in [0.25, 0.3) is 5.56 Å². The highest BCUT2D eigenvalue weighted by Crippen LogP contribution is 2.29. The number of aryl methyl sites for hydroxylation is 2. The van der Waals surface area contributed by atoms with Crippen LogP contribution in [0.2, 0.25) is 0 Å². The zero-order valence-corrected chi connectivity index (χ0v) is 19.3. The molecule has 0 saturated carbocycles. The molecule has 5 aromatic rings. The number of carbonyl (C=O) groups is 1. The summed E-state index contributed by atoms with van der Waals surface area (Å²) in [7, 11) is 0. The minimum atomic E-state index is -0.376. The summed E-state index contributed by atoms with van der Waals surface area (Å²) in [4.78, 5) is 30.3. The van der Waals surface area contributed by atoms with E-state index in [0.29, 0.717) is 28.2 Å². The number of fused-ring (bicyclic) bond motifs is 1. The first kappa shape index (κ1) is 22.1. The highest BCUT2D eigenvalue weighted by molar-refractivity contribution is 5.92. The standard InChI is InChI=1S/C27H23N5O3/c1-18-12-19(2)14-20(13-18)32-26-22(15-29-32)27(34)31(17-28-26)16-25(33)30-23-10-6-7-11-24(23)35-21-8-4-3-5-9-21/h3-15,17H,16H2,1-2H3,(H,30,33). The fraction of sp³-hybridized carbons (Fsp3) is 0.111. The molecule has 0 aliphatic carbocycles. The number of benzene rings is 3. The number of anilines is 1. The summed E-state index contributed by atoms with van der Waals surface area (Å²) in [5.41, 5.74) is 3.62. The van der Waals surface area contributed by atoms with Crippen LogP contribution in [0.25, 0.3) is 16.7 Å². The normalized spacial score (nSPS) is 10.9. The molecule has 2 aromatic heterocycles. The highest BCUT2D eigenvalue weighted by atomic mass is 16.5. The van der Waals surface area contributed by atoms with Crippen LogP contribution < -0.4 is 15.6 Å². The van der Waals surface area contributed by atoms with Crippen LogP contribution in [0.15, 0.2) is 90.1 Å². The molecule has 3 aromatic carbocycles. The maximum Gasteiger partial charge on any atom is 0.264 e. The van der Waals surface area contributed by atoms with E-state index >= 15 is 0 Å². The maximum atomic E-state index is 13.1. The van der Waals surface area contributed by atoms with Crippen LogP contribution in [0.4, 0.5) is 5.69 Å². The van der Waals surface area contributed by atoms with Crippen molar-refractivity contribution in [3.8, 4) is 17.2 Å². The molecule has 0 atom stereocenters. The first-order valence-corrected chi connectivity index (χ1v) is 11.1. The van der Waals surface area contributed by atoms with Gasteiger partial charge in [0.15, 0.2) is 11.4 Å². The zero-order valence-electron chi connectivity index (χ0n) is 19.3. The van der Waals surface area contributed by atoms with Crippen molar-refractivity contribution in [3.63, 3.8) is 0 Å². The van der Waals surface area contributed by atoms with Crippen molar-refractivity contribution in [1.82, 2.24) is 19.3 Å². The summed E-state index contributed by atoms with van der Waals surface area (Å²) in [5.74, 6) is 0.780. The summed E-state index contributed by atoms with van der Waals surface area (Å²) < 4.78 is 8.80. The predicted molar refractivity (Wildman–Crippen MR) is 134 cm³/mol. The predicted octanol–water partition coefficient (Wildman–Crippen LogP) is 4.63. The minimum absolute atomic E-state index is 0.198. The van der Waals surface area contributed by atoms with Crippen molar-refractivity contribution in [2.75, 3.05) is 5.32 Å². The number of nitrogens with one attached hydrogen (secondary N) is 1. The molecule has 0 aliphatic heterocycles. The lowest BCUT2D eigenvalue weighted by molar-refractivity contribution is -0.116. The molecule has 8 nitrogen and oxygen atoms in total. The molecule has 0 aliphatic rings. The Bertz CT molecular complexity index is 1570. The third kappa shape index (κ3) is 4.67. The molecular weight excluding hydrogens is 442 g/mol. The van der Waals surface area contributed by atoms with E-state index in [0.717, 1.165) is 16.8 Å². The number of carbonyl (C=O) groups excluding carboxylic acids is 1. The molecule has 0 saturated heterocycles. The first-order valence-electron chi connectivity index (χ1n) is 11.1. The van der Waals surface area contributed by atoms with E-state index in [2.05, 4.69) is 21.5 Å². The van der Waals surface area contributed by atoms with E-state index in [9.17, 15) is 9.59 Å². The van der Waals surface area contributed by atoms with Gasteiger partial charge >= 0.3 is 0 Å². The van der Waals surface area contributed by atoms with Gasteiger partial charge in [-0.25, -0.2) is 9.67 Å².